The maximum atomic E-state index is 14.0. The van der Waals surface area contributed by atoms with Gasteiger partial charge in [-0.2, -0.15) is 0 Å². The molecule has 1 saturated carbocycles. The molecule has 0 unspecified atom stereocenters. The molecule has 1 aliphatic carbocycles. The summed E-state index contributed by atoms with van der Waals surface area (Å²) in [7, 11) is -3.84. The van der Waals surface area contributed by atoms with E-state index in [4.69, 9.17) is 4.74 Å². The van der Waals surface area contributed by atoms with Gasteiger partial charge >= 0.3 is 0 Å². The van der Waals surface area contributed by atoms with Gasteiger partial charge in [0.2, 0.25) is 21.8 Å². The van der Waals surface area contributed by atoms with Gasteiger partial charge in [-0.1, -0.05) is 62.6 Å². The normalized spacial score (nSPS) is 14.9. The summed E-state index contributed by atoms with van der Waals surface area (Å²) in [6, 6.07) is 13.9. The average molecular weight is 544 g/mol. The lowest BCUT2D eigenvalue weighted by Gasteiger charge is -2.34. The second-order valence-corrected chi connectivity index (χ2v) is 11.8. The van der Waals surface area contributed by atoms with Crippen LogP contribution in [0.4, 0.5) is 5.69 Å². The molecule has 208 valence electrons. The van der Waals surface area contributed by atoms with E-state index in [0.717, 1.165) is 47.4 Å². The fourth-order valence-corrected chi connectivity index (χ4v) is 5.82. The zero-order valence-electron chi connectivity index (χ0n) is 23.0. The Bertz CT molecular complexity index is 1190. The molecule has 3 rings (SSSR count). The fourth-order valence-electron chi connectivity index (χ4n) is 4.97. The van der Waals surface area contributed by atoms with Crippen molar-refractivity contribution in [2.75, 3.05) is 23.7 Å². The molecule has 2 amide bonds. The van der Waals surface area contributed by atoms with Crippen molar-refractivity contribution in [3.63, 3.8) is 0 Å². The smallest absolute Gasteiger partial charge is 0.244 e. The summed E-state index contributed by atoms with van der Waals surface area (Å²) >= 11 is 0. The second-order valence-electron chi connectivity index (χ2n) is 9.89. The molecule has 2 aromatic carbocycles. The van der Waals surface area contributed by atoms with Gasteiger partial charge in [0, 0.05) is 12.6 Å². The van der Waals surface area contributed by atoms with Gasteiger partial charge in [0.05, 0.1) is 18.6 Å². The molecule has 0 saturated heterocycles. The minimum absolute atomic E-state index is 0.103. The van der Waals surface area contributed by atoms with Crippen molar-refractivity contribution < 1.29 is 22.7 Å². The molecular weight excluding hydrogens is 502 g/mol. The van der Waals surface area contributed by atoms with Crippen LogP contribution < -0.4 is 14.4 Å². The van der Waals surface area contributed by atoms with Gasteiger partial charge in [0.25, 0.3) is 0 Å². The third-order valence-electron chi connectivity index (χ3n) is 7.05. The highest BCUT2D eigenvalue weighted by Crippen LogP contribution is 2.30. The van der Waals surface area contributed by atoms with Crippen molar-refractivity contribution in [3.8, 4) is 5.75 Å². The number of hydrogen-bond donors (Lipinski definition) is 1. The summed E-state index contributed by atoms with van der Waals surface area (Å²) in [5, 5.41) is 3.16. The number of benzene rings is 2. The fraction of sp³-hybridized carbons (Fsp3) is 0.517. The van der Waals surface area contributed by atoms with Gasteiger partial charge in [-0.25, -0.2) is 8.42 Å². The predicted molar refractivity (Wildman–Crippen MR) is 151 cm³/mol. The van der Waals surface area contributed by atoms with Gasteiger partial charge in [0.1, 0.15) is 18.3 Å². The number of rotatable bonds is 12. The van der Waals surface area contributed by atoms with Crippen molar-refractivity contribution in [1.82, 2.24) is 10.2 Å². The number of sulfonamides is 1. The average Bonchev–Trinajstić information content (AvgIpc) is 2.88. The molecule has 1 atom stereocenters. The lowest BCUT2D eigenvalue weighted by atomic mass is 9.95. The van der Waals surface area contributed by atoms with E-state index < -0.39 is 28.5 Å². The van der Waals surface area contributed by atoms with E-state index in [2.05, 4.69) is 5.32 Å². The Kier molecular flexibility index (Phi) is 10.6. The lowest BCUT2D eigenvalue weighted by molar-refractivity contribution is -0.140. The summed E-state index contributed by atoms with van der Waals surface area (Å²) in [4.78, 5) is 29.0. The summed E-state index contributed by atoms with van der Waals surface area (Å²) in [5.41, 5.74) is 2.20. The van der Waals surface area contributed by atoms with E-state index in [1.54, 1.807) is 24.3 Å². The monoisotopic (exact) mass is 543 g/mol. The SMILES string of the molecule is CCOc1ccccc1N(CC(=O)N(Cc1ccccc1C)[C@@H](CC)C(=O)NC1CCCCC1)S(C)(=O)=O. The van der Waals surface area contributed by atoms with Crippen LogP contribution in [-0.4, -0.2) is 56.6 Å². The molecule has 0 aliphatic heterocycles. The Morgan fingerprint density at radius 3 is 2.32 bits per heavy atom. The van der Waals surface area contributed by atoms with Gasteiger partial charge < -0.3 is 15.0 Å². The quantitative estimate of drug-likeness (QED) is 0.428. The summed E-state index contributed by atoms with van der Waals surface area (Å²) < 4.78 is 32.6. The van der Waals surface area contributed by atoms with Crippen LogP contribution in [0.25, 0.3) is 0 Å². The molecule has 1 fully saturated rings. The topological polar surface area (TPSA) is 96.0 Å². The number of nitrogens with zero attached hydrogens (tertiary/aromatic N) is 2. The number of ether oxygens (including phenoxy) is 1. The van der Waals surface area contributed by atoms with Crippen LogP contribution in [0.5, 0.6) is 5.75 Å². The van der Waals surface area contributed by atoms with Crippen LogP contribution in [0, 0.1) is 6.92 Å². The van der Waals surface area contributed by atoms with Crippen LogP contribution in [0.1, 0.15) is 63.5 Å². The lowest BCUT2D eigenvalue weighted by Crippen LogP contribution is -2.54. The molecule has 2 aromatic rings. The van der Waals surface area contributed by atoms with Crippen molar-refractivity contribution in [2.24, 2.45) is 0 Å². The molecule has 0 aromatic heterocycles. The third-order valence-corrected chi connectivity index (χ3v) is 8.18. The maximum Gasteiger partial charge on any atom is 0.244 e. The first-order chi connectivity index (χ1) is 18.2. The summed E-state index contributed by atoms with van der Waals surface area (Å²) in [6.45, 7) is 5.76. The molecule has 0 bridgehead atoms. The summed E-state index contributed by atoms with van der Waals surface area (Å²) in [5.74, 6) is -0.265. The number of carbonyl (C=O) groups is 2. The van der Waals surface area contributed by atoms with Crippen LogP contribution in [0.3, 0.4) is 0 Å². The van der Waals surface area contributed by atoms with Crippen LogP contribution in [0.15, 0.2) is 48.5 Å². The number of hydrogen-bond acceptors (Lipinski definition) is 5. The van der Waals surface area contributed by atoms with E-state index >= 15 is 0 Å². The Morgan fingerprint density at radius 2 is 1.68 bits per heavy atom. The first-order valence-corrected chi connectivity index (χ1v) is 15.3. The highest BCUT2D eigenvalue weighted by atomic mass is 32.2. The molecule has 0 heterocycles. The molecule has 0 spiro atoms. The number of carbonyl (C=O) groups excluding carboxylic acids is 2. The van der Waals surface area contributed by atoms with E-state index in [9.17, 15) is 18.0 Å². The molecule has 38 heavy (non-hydrogen) atoms. The number of nitrogens with one attached hydrogen (secondary N) is 1. The first kappa shape index (κ1) is 29.5. The standard InChI is InChI=1S/C29H41N3O5S/c1-5-25(29(34)30-24-16-8-7-9-17-24)31(20-23-15-11-10-14-22(23)3)28(33)21-32(38(4,35)36)26-18-12-13-19-27(26)37-6-2/h10-15,18-19,24-25H,5-9,16-17,20-21H2,1-4H3,(H,30,34)/t25-/m0/s1. The molecule has 0 radical (unpaired) electrons. The highest BCUT2D eigenvalue weighted by Gasteiger charge is 2.33. The van der Waals surface area contributed by atoms with Crippen LogP contribution >= 0.6 is 0 Å². The number of amides is 2. The molecule has 1 N–H and O–H groups in total. The van der Waals surface area contributed by atoms with Gasteiger partial charge in [-0.05, 0) is 56.4 Å². The van der Waals surface area contributed by atoms with Crippen molar-refractivity contribution in [1.29, 1.82) is 0 Å². The van der Waals surface area contributed by atoms with Crippen LogP contribution in [-0.2, 0) is 26.2 Å². The zero-order chi connectivity index (χ0) is 27.7. The first-order valence-electron chi connectivity index (χ1n) is 13.5. The second kappa shape index (κ2) is 13.6. The maximum absolute atomic E-state index is 14.0. The van der Waals surface area contributed by atoms with Gasteiger partial charge in [0.15, 0.2) is 0 Å². The van der Waals surface area contributed by atoms with Crippen LogP contribution in [0.2, 0.25) is 0 Å². The van der Waals surface area contributed by atoms with Crippen molar-refractivity contribution in [3.05, 3.63) is 59.7 Å². The molecule has 8 nitrogen and oxygen atoms in total. The Labute approximate surface area is 227 Å². The predicted octanol–water partition coefficient (Wildman–Crippen LogP) is 4.42. The van der Waals surface area contributed by atoms with Gasteiger partial charge in [-0.15, -0.1) is 0 Å². The molecule has 9 heteroatoms. The highest BCUT2D eigenvalue weighted by molar-refractivity contribution is 7.92. The molecular formula is C29H41N3O5S. The minimum Gasteiger partial charge on any atom is -0.492 e. The number of aryl methyl sites for hydroxylation is 1. The van der Waals surface area contributed by atoms with E-state index in [-0.39, 0.29) is 18.5 Å². The number of para-hydroxylation sites is 2. The Balaban J connectivity index is 1.95. The van der Waals surface area contributed by atoms with E-state index in [1.807, 2.05) is 45.0 Å². The Hall–Kier alpha value is -3.07. The minimum atomic E-state index is -3.84. The Morgan fingerprint density at radius 1 is 1.03 bits per heavy atom. The van der Waals surface area contributed by atoms with Crippen molar-refractivity contribution >= 4 is 27.5 Å². The zero-order valence-corrected chi connectivity index (χ0v) is 23.8. The third kappa shape index (κ3) is 7.72. The van der Waals surface area contributed by atoms with E-state index in [1.165, 1.54) is 11.3 Å². The van der Waals surface area contributed by atoms with E-state index in [0.29, 0.717) is 24.5 Å². The molecule has 1 aliphatic rings. The number of anilines is 1. The largest absolute Gasteiger partial charge is 0.492 e. The van der Waals surface area contributed by atoms with Gasteiger partial charge in [-0.3, -0.25) is 13.9 Å². The van der Waals surface area contributed by atoms with Crippen molar-refractivity contribution in [2.45, 2.75) is 77.9 Å². The summed E-state index contributed by atoms with van der Waals surface area (Å²) in [6.07, 6.45) is 6.68.